The molecule has 1 N–H and O–H groups in total. The van der Waals surface area contributed by atoms with Crippen LogP contribution in [0.15, 0.2) is 24.3 Å². The molecule has 14 heavy (non-hydrogen) atoms. The molecule has 2 rings (SSSR count). The summed E-state index contributed by atoms with van der Waals surface area (Å²) in [5.74, 6) is 0. The number of fused-ring (bicyclic) bond motifs is 1. The van der Waals surface area contributed by atoms with Crippen LogP contribution in [0, 0.1) is 6.20 Å². The summed E-state index contributed by atoms with van der Waals surface area (Å²) in [5.41, 5.74) is 0.787. The molecule has 71 valence electrons. The van der Waals surface area contributed by atoms with E-state index in [-0.39, 0.29) is 19.2 Å². The van der Waals surface area contributed by atoms with Gasteiger partial charge in [-0.25, -0.2) is 0 Å². The highest BCUT2D eigenvalue weighted by atomic mass is 16.5. The van der Waals surface area contributed by atoms with Crippen LogP contribution in [0.4, 0.5) is 0 Å². The van der Waals surface area contributed by atoms with Crippen molar-refractivity contribution in [3.05, 3.63) is 30.5 Å². The third-order valence-electron chi connectivity index (χ3n) is 1.71. The summed E-state index contributed by atoms with van der Waals surface area (Å²) in [6, 6.07) is 7.78. The standard InChI is InChI=1S/C10H9N2O2/c13-5-6-14-10-11-7-8-3-1-2-4-9(8)12-10/h1-4,13H,5-6H2. The second-order valence-corrected chi connectivity index (χ2v) is 2.71. The molecule has 0 saturated heterocycles. The molecule has 0 atom stereocenters. The zero-order valence-electron chi connectivity index (χ0n) is 7.47. The summed E-state index contributed by atoms with van der Waals surface area (Å²) in [5, 5.41) is 9.40. The lowest BCUT2D eigenvalue weighted by Crippen LogP contribution is -2.04. The Morgan fingerprint density at radius 3 is 3.07 bits per heavy atom. The van der Waals surface area contributed by atoms with Crippen molar-refractivity contribution in [2.75, 3.05) is 13.2 Å². The lowest BCUT2D eigenvalue weighted by Gasteiger charge is -2.01. The summed E-state index contributed by atoms with van der Waals surface area (Å²) in [7, 11) is 0. The monoisotopic (exact) mass is 189 g/mol. The van der Waals surface area contributed by atoms with Crippen LogP contribution in [0.5, 0.6) is 6.01 Å². The van der Waals surface area contributed by atoms with E-state index >= 15 is 0 Å². The number of hydrogen-bond acceptors (Lipinski definition) is 4. The van der Waals surface area contributed by atoms with Crippen molar-refractivity contribution in [1.82, 2.24) is 9.97 Å². The molecule has 0 amide bonds. The Labute approximate surface area is 81.2 Å². The van der Waals surface area contributed by atoms with Crippen LogP contribution < -0.4 is 4.74 Å². The maximum atomic E-state index is 8.55. The number of aliphatic hydroxyl groups is 1. The van der Waals surface area contributed by atoms with Gasteiger partial charge in [0, 0.05) is 5.39 Å². The predicted octanol–water partition coefficient (Wildman–Crippen LogP) is 0.801. The molecule has 0 aliphatic rings. The first-order valence-corrected chi connectivity index (χ1v) is 4.28. The third kappa shape index (κ3) is 1.80. The summed E-state index contributed by atoms with van der Waals surface area (Å²) in [6.07, 6.45) is 2.81. The molecule has 4 heteroatoms. The van der Waals surface area contributed by atoms with Gasteiger partial charge >= 0.3 is 6.01 Å². The maximum absolute atomic E-state index is 8.55. The highest BCUT2D eigenvalue weighted by Gasteiger charge is 1.99. The maximum Gasteiger partial charge on any atom is 0.317 e. The molecule has 0 unspecified atom stereocenters. The molecule has 2 aromatic rings. The smallest absolute Gasteiger partial charge is 0.317 e. The summed E-state index contributed by atoms with van der Waals surface area (Å²) in [6.45, 7) is 0.155. The van der Waals surface area contributed by atoms with Crippen LogP contribution in [0.3, 0.4) is 0 Å². The number of nitrogens with zero attached hydrogens (tertiary/aromatic N) is 2. The fourth-order valence-corrected chi connectivity index (χ4v) is 1.10. The summed E-state index contributed by atoms with van der Waals surface area (Å²) < 4.78 is 5.06. The Balaban J connectivity index is 2.32. The quantitative estimate of drug-likeness (QED) is 0.776. The normalized spacial score (nSPS) is 10.4. The van der Waals surface area contributed by atoms with Gasteiger partial charge in [0.05, 0.1) is 12.1 Å². The number of aromatic nitrogens is 2. The van der Waals surface area contributed by atoms with Gasteiger partial charge in [0.1, 0.15) is 12.8 Å². The van der Waals surface area contributed by atoms with Crippen molar-refractivity contribution in [3.63, 3.8) is 0 Å². The molecule has 4 nitrogen and oxygen atoms in total. The van der Waals surface area contributed by atoms with Crippen LogP contribution in [0.25, 0.3) is 10.9 Å². The molecule has 1 aromatic carbocycles. The zero-order valence-corrected chi connectivity index (χ0v) is 7.47. The fraction of sp³-hybridized carbons (Fsp3) is 0.200. The Hall–Kier alpha value is -1.68. The van der Waals surface area contributed by atoms with Crippen molar-refractivity contribution >= 4 is 10.9 Å². The van der Waals surface area contributed by atoms with Crippen LogP contribution >= 0.6 is 0 Å². The zero-order chi connectivity index (χ0) is 9.80. The van der Waals surface area contributed by atoms with Crippen LogP contribution in [-0.4, -0.2) is 28.3 Å². The van der Waals surface area contributed by atoms with E-state index in [4.69, 9.17) is 9.84 Å². The van der Waals surface area contributed by atoms with E-state index in [2.05, 4.69) is 16.2 Å². The van der Waals surface area contributed by atoms with E-state index in [1.54, 1.807) is 0 Å². The SMILES string of the molecule is OCCOc1n[c]c2ccccc2n1. The Morgan fingerprint density at radius 1 is 1.36 bits per heavy atom. The minimum absolute atomic E-state index is 0.0454. The van der Waals surface area contributed by atoms with Gasteiger partial charge in [0.15, 0.2) is 0 Å². The second-order valence-electron chi connectivity index (χ2n) is 2.71. The van der Waals surface area contributed by atoms with Crippen LogP contribution in [0.1, 0.15) is 0 Å². The van der Waals surface area contributed by atoms with Gasteiger partial charge in [0.25, 0.3) is 0 Å². The molecule has 1 aromatic heterocycles. The van der Waals surface area contributed by atoms with Gasteiger partial charge in [-0.2, -0.15) is 9.97 Å². The van der Waals surface area contributed by atoms with Crippen molar-refractivity contribution in [2.24, 2.45) is 0 Å². The molecule has 1 radical (unpaired) electrons. The molecular formula is C10H9N2O2. The van der Waals surface area contributed by atoms with E-state index < -0.39 is 0 Å². The average molecular weight is 189 g/mol. The topological polar surface area (TPSA) is 55.2 Å². The number of rotatable bonds is 3. The number of hydrogen-bond donors (Lipinski definition) is 1. The summed E-state index contributed by atoms with van der Waals surface area (Å²) >= 11 is 0. The minimum atomic E-state index is -0.0454. The lowest BCUT2D eigenvalue weighted by atomic mass is 10.2. The first kappa shape index (κ1) is 8.90. The van der Waals surface area contributed by atoms with Gasteiger partial charge in [0.2, 0.25) is 0 Å². The van der Waals surface area contributed by atoms with Crippen LogP contribution in [-0.2, 0) is 0 Å². The third-order valence-corrected chi connectivity index (χ3v) is 1.71. The second kappa shape index (κ2) is 4.02. The van der Waals surface area contributed by atoms with Crippen molar-refractivity contribution in [3.8, 4) is 6.01 Å². The molecule has 0 aliphatic carbocycles. The van der Waals surface area contributed by atoms with Gasteiger partial charge in [-0.3, -0.25) is 0 Å². The predicted molar refractivity (Wildman–Crippen MR) is 51.0 cm³/mol. The van der Waals surface area contributed by atoms with Crippen LogP contribution in [0.2, 0.25) is 0 Å². The first-order valence-electron chi connectivity index (χ1n) is 4.28. The minimum Gasteiger partial charge on any atom is -0.461 e. The molecule has 0 fully saturated rings. The van der Waals surface area contributed by atoms with Crippen molar-refractivity contribution < 1.29 is 9.84 Å². The molecule has 1 heterocycles. The number of benzene rings is 1. The average Bonchev–Trinajstić information content (AvgIpc) is 2.26. The van der Waals surface area contributed by atoms with Crippen molar-refractivity contribution in [2.45, 2.75) is 0 Å². The Morgan fingerprint density at radius 2 is 2.21 bits per heavy atom. The van der Waals surface area contributed by atoms with E-state index in [0.717, 1.165) is 10.9 Å². The highest BCUT2D eigenvalue weighted by Crippen LogP contribution is 2.11. The van der Waals surface area contributed by atoms with E-state index in [0.29, 0.717) is 0 Å². The number of aliphatic hydroxyl groups excluding tert-OH is 1. The van der Waals surface area contributed by atoms with E-state index in [1.807, 2.05) is 24.3 Å². The molecule has 0 saturated carbocycles. The molecular weight excluding hydrogens is 180 g/mol. The van der Waals surface area contributed by atoms with E-state index in [1.165, 1.54) is 0 Å². The van der Waals surface area contributed by atoms with Crippen molar-refractivity contribution in [1.29, 1.82) is 0 Å². The molecule has 0 spiro atoms. The molecule has 0 bridgehead atoms. The first-order chi connectivity index (χ1) is 6.90. The van der Waals surface area contributed by atoms with Gasteiger partial charge in [-0.1, -0.05) is 18.2 Å². The number of ether oxygens (including phenoxy) is 1. The number of para-hydroxylation sites is 1. The Kier molecular flexibility index (Phi) is 2.55. The Bertz CT molecular complexity index is 431. The molecule has 0 aliphatic heterocycles. The van der Waals surface area contributed by atoms with Gasteiger partial charge in [-0.15, -0.1) is 0 Å². The summed E-state index contributed by atoms with van der Waals surface area (Å²) in [4.78, 5) is 8.01. The fourth-order valence-electron chi connectivity index (χ4n) is 1.10. The van der Waals surface area contributed by atoms with Gasteiger partial charge < -0.3 is 9.84 Å². The highest BCUT2D eigenvalue weighted by molar-refractivity contribution is 5.76. The van der Waals surface area contributed by atoms with Gasteiger partial charge in [-0.05, 0) is 6.07 Å². The van der Waals surface area contributed by atoms with E-state index in [9.17, 15) is 0 Å². The largest absolute Gasteiger partial charge is 0.461 e. The lowest BCUT2D eigenvalue weighted by molar-refractivity contribution is 0.192.